The van der Waals surface area contributed by atoms with Gasteiger partial charge in [0, 0.05) is 36.3 Å². The third-order valence-electron chi connectivity index (χ3n) is 4.03. The number of hydrogen-bond acceptors (Lipinski definition) is 4. The van der Waals surface area contributed by atoms with Crippen LogP contribution in [0.3, 0.4) is 0 Å². The molecule has 6 nitrogen and oxygen atoms in total. The summed E-state index contributed by atoms with van der Waals surface area (Å²) in [6.07, 6.45) is 1.66. The summed E-state index contributed by atoms with van der Waals surface area (Å²) in [7, 11) is 0. The van der Waals surface area contributed by atoms with Crippen molar-refractivity contribution in [1.82, 2.24) is 4.90 Å². The monoisotopic (exact) mass is 311 g/mol. The van der Waals surface area contributed by atoms with E-state index in [1.54, 1.807) is 0 Å². The Kier molecular flexibility index (Phi) is 4.80. The fraction of sp³-hybridized carbons (Fsp3) is 0.500. The lowest BCUT2D eigenvalue weighted by Crippen LogP contribution is -2.45. The number of nitrogens with two attached hydrogens (primary N) is 1. The predicted octanol–water partition coefficient (Wildman–Crippen LogP) is 2.33. The molecule has 2 unspecified atom stereocenters. The standard InChI is InChI=1S/C14H18ClN3O3/c1-9-2-3-10(14(16)19)7-17(9)8-11-6-12(18(20)21)4-5-13(11)15/h4-6,9-10H,2-3,7-8H2,1H3,(H2,16,19). The van der Waals surface area contributed by atoms with Gasteiger partial charge in [-0.05, 0) is 31.4 Å². The lowest BCUT2D eigenvalue weighted by Gasteiger charge is -2.37. The lowest BCUT2D eigenvalue weighted by atomic mass is 9.92. The van der Waals surface area contributed by atoms with E-state index in [0.29, 0.717) is 23.7 Å². The first-order chi connectivity index (χ1) is 9.88. The summed E-state index contributed by atoms with van der Waals surface area (Å²) in [5.41, 5.74) is 6.10. The van der Waals surface area contributed by atoms with Crippen LogP contribution >= 0.6 is 11.6 Å². The van der Waals surface area contributed by atoms with Crippen LogP contribution in [0.4, 0.5) is 5.69 Å². The van der Waals surface area contributed by atoms with Gasteiger partial charge in [0.05, 0.1) is 10.8 Å². The normalized spacial score (nSPS) is 23.0. The zero-order valence-electron chi connectivity index (χ0n) is 11.8. The topological polar surface area (TPSA) is 89.5 Å². The molecular weight excluding hydrogens is 294 g/mol. The Morgan fingerprint density at radius 3 is 2.86 bits per heavy atom. The van der Waals surface area contributed by atoms with Crippen LogP contribution in [0.15, 0.2) is 18.2 Å². The number of primary amides is 1. The summed E-state index contributed by atoms with van der Waals surface area (Å²) in [6.45, 7) is 3.11. The minimum absolute atomic E-state index is 0.0190. The van der Waals surface area contributed by atoms with E-state index in [2.05, 4.69) is 11.8 Å². The smallest absolute Gasteiger partial charge is 0.269 e. The first-order valence-electron chi connectivity index (χ1n) is 6.84. The van der Waals surface area contributed by atoms with E-state index in [0.717, 1.165) is 12.8 Å². The summed E-state index contributed by atoms with van der Waals surface area (Å²) >= 11 is 6.13. The molecule has 2 N–H and O–H groups in total. The van der Waals surface area contributed by atoms with Crippen molar-refractivity contribution in [3.05, 3.63) is 38.9 Å². The second-order valence-electron chi connectivity index (χ2n) is 5.49. The van der Waals surface area contributed by atoms with Crippen molar-refractivity contribution in [1.29, 1.82) is 0 Å². The molecule has 2 rings (SSSR count). The zero-order valence-corrected chi connectivity index (χ0v) is 12.5. The summed E-state index contributed by atoms with van der Waals surface area (Å²) in [4.78, 5) is 23.9. The first-order valence-corrected chi connectivity index (χ1v) is 7.22. The Morgan fingerprint density at radius 2 is 2.24 bits per heavy atom. The third kappa shape index (κ3) is 3.71. The second kappa shape index (κ2) is 6.41. The van der Waals surface area contributed by atoms with Gasteiger partial charge in [0.15, 0.2) is 0 Å². The maximum atomic E-state index is 11.3. The summed E-state index contributed by atoms with van der Waals surface area (Å²) in [6, 6.07) is 4.70. The van der Waals surface area contributed by atoms with Crippen molar-refractivity contribution >= 4 is 23.2 Å². The number of likely N-dealkylation sites (tertiary alicyclic amines) is 1. The highest BCUT2D eigenvalue weighted by atomic mass is 35.5. The van der Waals surface area contributed by atoms with E-state index in [9.17, 15) is 14.9 Å². The molecule has 1 aromatic carbocycles. The molecule has 0 radical (unpaired) electrons. The lowest BCUT2D eigenvalue weighted by molar-refractivity contribution is -0.384. The van der Waals surface area contributed by atoms with Gasteiger partial charge in [-0.3, -0.25) is 19.8 Å². The number of rotatable bonds is 4. The molecule has 0 bridgehead atoms. The number of halogens is 1. The highest BCUT2D eigenvalue weighted by Gasteiger charge is 2.29. The van der Waals surface area contributed by atoms with Crippen LogP contribution in [0.1, 0.15) is 25.3 Å². The summed E-state index contributed by atoms with van der Waals surface area (Å²) < 4.78 is 0. The number of nitro benzene ring substituents is 1. The molecule has 1 heterocycles. The average Bonchev–Trinajstić information content (AvgIpc) is 2.43. The second-order valence-corrected chi connectivity index (χ2v) is 5.90. The van der Waals surface area contributed by atoms with Gasteiger partial charge in [0.2, 0.25) is 5.91 Å². The highest BCUT2D eigenvalue weighted by Crippen LogP contribution is 2.28. The number of hydrogen-bond donors (Lipinski definition) is 1. The minimum atomic E-state index is -0.439. The van der Waals surface area contributed by atoms with Crippen molar-refractivity contribution in [2.75, 3.05) is 6.54 Å². The van der Waals surface area contributed by atoms with E-state index in [1.165, 1.54) is 18.2 Å². The molecule has 1 aliphatic rings. The van der Waals surface area contributed by atoms with Gasteiger partial charge < -0.3 is 5.73 Å². The van der Waals surface area contributed by atoms with Crippen LogP contribution in [0.25, 0.3) is 0 Å². The third-order valence-corrected chi connectivity index (χ3v) is 4.40. The largest absolute Gasteiger partial charge is 0.369 e. The molecule has 1 aliphatic heterocycles. The van der Waals surface area contributed by atoms with Crippen molar-refractivity contribution in [2.24, 2.45) is 11.7 Å². The minimum Gasteiger partial charge on any atom is -0.369 e. The fourth-order valence-electron chi connectivity index (χ4n) is 2.65. The molecule has 1 aromatic rings. The molecule has 2 atom stereocenters. The van der Waals surface area contributed by atoms with Gasteiger partial charge in [-0.1, -0.05) is 11.6 Å². The van der Waals surface area contributed by atoms with Crippen molar-refractivity contribution in [2.45, 2.75) is 32.4 Å². The molecule has 0 saturated carbocycles. The van der Waals surface area contributed by atoms with Crippen LogP contribution < -0.4 is 5.73 Å². The number of nitrogens with zero attached hydrogens (tertiary/aromatic N) is 2. The maximum absolute atomic E-state index is 11.3. The average molecular weight is 312 g/mol. The number of carbonyl (C=O) groups is 1. The highest BCUT2D eigenvalue weighted by molar-refractivity contribution is 6.31. The van der Waals surface area contributed by atoms with E-state index < -0.39 is 4.92 Å². The van der Waals surface area contributed by atoms with Crippen LogP contribution in [-0.2, 0) is 11.3 Å². The molecule has 1 fully saturated rings. The number of non-ortho nitro benzene ring substituents is 1. The van der Waals surface area contributed by atoms with Gasteiger partial charge in [0.25, 0.3) is 5.69 Å². The number of nitro groups is 1. The Morgan fingerprint density at radius 1 is 1.52 bits per heavy atom. The summed E-state index contributed by atoms with van der Waals surface area (Å²) in [5, 5.41) is 11.3. The van der Waals surface area contributed by atoms with Crippen molar-refractivity contribution in [3.63, 3.8) is 0 Å². The van der Waals surface area contributed by atoms with Gasteiger partial charge >= 0.3 is 0 Å². The van der Waals surface area contributed by atoms with Crippen LogP contribution in [0.2, 0.25) is 5.02 Å². The zero-order chi connectivity index (χ0) is 15.6. The van der Waals surface area contributed by atoms with E-state index in [-0.39, 0.29) is 23.6 Å². The molecule has 1 amide bonds. The quantitative estimate of drug-likeness (QED) is 0.682. The van der Waals surface area contributed by atoms with Gasteiger partial charge in [-0.25, -0.2) is 0 Å². The van der Waals surface area contributed by atoms with Crippen LogP contribution in [0.5, 0.6) is 0 Å². The van der Waals surface area contributed by atoms with Crippen molar-refractivity contribution in [3.8, 4) is 0 Å². The Labute approximate surface area is 128 Å². The summed E-state index contributed by atoms with van der Waals surface area (Å²) in [5.74, 6) is -0.462. The Bertz CT molecular complexity index is 564. The van der Waals surface area contributed by atoms with Gasteiger partial charge in [0.1, 0.15) is 0 Å². The Balaban J connectivity index is 2.17. The fourth-order valence-corrected chi connectivity index (χ4v) is 2.82. The molecule has 114 valence electrons. The van der Waals surface area contributed by atoms with Gasteiger partial charge in [-0.2, -0.15) is 0 Å². The van der Waals surface area contributed by atoms with Crippen LogP contribution in [-0.4, -0.2) is 28.3 Å². The molecule has 0 spiro atoms. The number of benzene rings is 1. The van der Waals surface area contributed by atoms with E-state index >= 15 is 0 Å². The molecule has 1 saturated heterocycles. The SMILES string of the molecule is CC1CCC(C(N)=O)CN1Cc1cc([N+](=O)[O-])ccc1Cl. The molecule has 7 heteroatoms. The number of carbonyl (C=O) groups excluding carboxylic acids is 1. The number of piperidine rings is 1. The maximum Gasteiger partial charge on any atom is 0.269 e. The Hall–Kier alpha value is -1.66. The van der Waals surface area contributed by atoms with Crippen molar-refractivity contribution < 1.29 is 9.72 Å². The van der Waals surface area contributed by atoms with Gasteiger partial charge in [-0.15, -0.1) is 0 Å². The first kappa shape index (κ1) is 15.7. The van der Waals surface area contributed by atoms with E-state index in [1.807, 2.05) is 0 Å². The van der Waals surface area contributed by atoms with E-state index in [4.69, 9.17) is 17.3 Å². The molecule has 0 aliphatic carbocycles. The molecule has 0 aromatic heterocycles. The van der Waals surface area contributed by atoms with Crippen LogP contribution in [0, 0.1) is 16.0 Å². The predicted molar refractivity (Wildman–Crippen MR) is 79.9 cm³/mol. The molecule has 21 heavy (non-hydrogen) atoms. The molecular formula is C14H18ClN3O3. The number of amides is 1.